The predicted octanol–water partition coefficient (Wildman–Crippen LogP) is 0.185. The molecule has 0 aromatic rings. The molecule has 0 saturated heterocycles. The number of hydrogen-bond acceptors (Lipinski definition) is 4. The third-order valence-electron chi connectivity index (χ3n) is 3.48. The van der Waals surface area contributed by atoms with E-state index in [0.29, 0.717) is 0 Å². The normalized spacial score (nSPS) is 19.5. The number of carbonyl (C=O) groups is 1. The van der Waals surface area contributed by atoms with Crippen molar-refractivity contribution in [1.82, 2.24) is 9.03 Å². The highest BCUT2D eigenvalue weighted by atomic mass is 32.2. The second-order valence-corrected chi connectivity index (χ2v) is 6.54. The van der Waals surface area contributed by atoms with E-state index in [2.05, 4.69) is 9.46 Å². The molecule has 1 saturated carbocycles. The minimum Gasteiger partial charge on any atom is -0.479 e. The van der Waals surface area contributed by atoms with Crippen molar-refractivity contribution in [2.24, 2.45) is 0 Å². The van der Waals surface area contributed by atoms with Gasteiger partial charge in [-0.05, 0) is 12.8 Å². The number of nitrogens with one attached hydrogen (secondary N) is 1. The third kappa shape index (κ3) is 4.72. The molecule has 2 N–H and O–H groups in total. The topological polar surface area (TPSA) is 95.9 Å². The van der Waals surface area contributed by atoms with E-state index >= 15 is 0 Å². The molecule has 0 heterocycles. The Morgan fingerprint density at radius 1 is 1.42 bits per heavy atom. The first-order chi connectivity index (χ1) is 8.88. The lowest BCUT2D eigenvalue weighted by atomic mass is 9.96. The van der Waals surface area contributed by atoms with Gasteiger partial charge in [0.25, 0.3) is 10.2 Å². The molecule has 0 aromatic carbocycles. The molecule has 1 unspecified atom stereocenters. The van der Waals surface area contributed by atoms with Gasteiger partial charge in [-0.25, -0.2) is 4.79 Å². The van der Waals surface area contributed by atoms with Crippen molar-refractivity contribution in [3.63, 3.8) is 0 Å². The third-order valence-corrected chi connectivity index (χ3v) is 5.07. The molecule has 1 rings (SSSR count). The summed E-state index contributed by atoms with van der Waals surface area (Å²) < 4.78 is 32.4. The SMILES string of the molecule is COC(CNS(=O)(=O)N(C)C1CCCCC1)C(=O)O. The molecule has 0 radical (unpaired) electrons. The zero-order valence-electron chi connectivity index (χ0n) is 11.3. The van der Waals surface area contributed by atoms with Gasteiger partial charge in [0.05, 0.1) is 0 Å². The van der Waals surface area contributed by atoms with Gasteiger partial charge in [0, 0.05) is 26.7 Å². The molecule has 19 heavy (non-hydrogen) atoms. The Hall–Kier alpha value is -0.700. The van der Waals surface area contributed by atoms with Crippen molar-refractivity contribution in [2.45, 2.75) is 44.2 Å². The quantitative estimate of drug-likeness (QED) is 0.698. The average Bonchev–Trinajstić information content (AvgIpc) is 2.39. The minimum absolute atomic E-state index is 0.00271. The first-order valence-electron chi connectivity index (χ1n) is 6.36. The Morgan fingerprint density at radius 3 is 2.47 bits per heavy atom. The van der Waals surface area contributed by atoms with Crippen LogP contribution >= 0.6 is 0 Å². The minimum atomic E-state index is -3.66. The van der Waals surface area contributed by atoms with Crippen LogP contribution in [-0.4, -0.2) is 56.6 Å². The molecule has 1 aliphatic carbocycles. The van der Waals surface area contributed by atoms with E-state index in [9.17, 15) is 13.2 Å². The van der Waals surface area contributed by atoms with Crippen LogP contribution in [-0.2, 0) is 19.7 Å². The molecule has 0 aromatic heterocycles. The number of hydrogen-bond donors (Lipinski definition) is 2. The van der Waals surface area contributed by atoms with E-state index in [0.717, 1.165) is 32.1 Å². The fourth-order valence-corrected chi connectivity index (χ4v) is 3.36. The van der Waals surface area contributed by atoms with E-state index in [-0.39, 0.29) is 12.6 Å². The molecule has 8 heteroatoms. The fourth-order valence-electron chi connectivity index (χ4n) is 2.20. The average molecular weight is 294 g/mol. The Bertz CT molecular complexity index is 392. The lowest BCUT2D eigenvalue weighted by Crippen LogP contribution is -2.48. The lowest BCUT2D eigenvalue weighted by Gasteiger charge is -2.30. The van der Waals surface area contributed by atoms with Gasteiger partial charge in [-0.1, -0.05) is 19.3 Å². The maximum Gasteiger partial charge on any atom is 0.334 e. The molecule has 0 spiro atoms. The van der Waals surface area contributed by atoms with Crippen LogP contribution in [0.2, 0.25) is 0 Å². The molecule has 0 amide bonds. The summed E-state index contributed by atoms with van der Waals surface area (Å²) in [6, 6.07) is -0.00271. The largest absolute Gasteiger partial charge is 0.479 e. The number of carboxylic acid groups (broad SMARTS) is 1. The number of nitrogens with zero attached hydrogens (tertiary/aromatic N) is 1. The lowest BCUT2D eigenvalue weighted by molar-refractivity contribution is -0.147. The first-order valence-corrected chi connectivity index (χ1v) is 7.80. The highest BCUT2D eigenvalue weighted by molar-refractivity contribution is 7.87. The van der Waals surface area contributed by atoms with Gasteiger partial charge in [0.2, 0.25) is 0 Å². The van der Waals surface area contributed by atoms with Crippen LogP contribution in [0.25, 0.3) is 0 Å². The summed E-state index contributed by atoms with van der Waals surface area (Å²) in [6.45, 7) is -0.273. The van der Waals surface area contributed by atoms with E-state index in [4.69, 9.17) is 5.11 Å². The molecule has 112 valence electrons. The van der Waals surface area contributed by atoms with Crippen LogP contribution in [0.4, 0.5) is 0 Å². The van der Waals surface area contributed by atoms with Gasteiger partial charge in [0.1, 0.15) is 0 Å². The Kier molecular flexibility index (Phi) is 6.18. The van der Waals surface area contributed by atoms with Crippen molar-refractivity contribution >= 4 is 16.2 Å². The van der Waals surface area contributed by atoms with Crippen molar-refractivity contribution < 1.29 is 23.1 Å². The molecular weight excluding hydrogens is 272 g/mol. The van der Waals surface area contributed by atoms with Crippen molar-refractivity contribution in [1.29, 1.82) is 0 Å². The van der Waals surface area contributed by atoms with Crippen LogP contribution in [0.1, 0.15) is 32.1 Å². The summed E-state index contributed by atoms with van der Waals surface area (Å²) in [5, 5.41) is 8.78. The summed E-state index contributed by atoms with van der Waals surface area (Å²) in [5.74, 6) is -1.19. The maximum atomic E-state index is 12.0. The standard InChI is InChI=1S/C11H22N2O5S/c1-13(9-6-4-3-5-7-9)19(16,17)12-8-10(18-2)11(14)15/h9-10,12H,3-8H2,1-2H3,(H,14,15). The molecule has 0 bridgehead atoms. The van der Waals surface area contributed by atoms with Gasteiger partial charge in [0.15, 0.2) is 6.10 Å². The fraction of sp³-hybridized carbons (Fsp3) is 0.909. The number of rotatable bonds is 7. The second-order valence-electron chi connectivity index (χ2n) is 4.72. The molecule has 0 aliphatic heterocycles. The number of ether oxygens (including phenoxy) is 1. The summed E-state index contributed by atoms with van der Waals surface area (Å²) in [4.78, 5) is 10.7. The van der Waals surface area contributed by atoms with Gasteiger partial charge < -0.3 is 9.84 Å². The number of carboxylic acids is 1. The monoisotopic (exact) mass is 294 g/mol. The summed E-state index contributed by atoms with van der Waals surface area (Å²) in [5.41, 5.74) is 0. The molecule has 1 atom stereocenters. The molecule has 7 nitrogen and oxygen atoms in total. The zero-order valence-corrected chi connectivity index (χ0v) is 12.1. The Labute approximate surface area is 114 Å². The van der Waals surface area contributed by atoms with Crippen molar-refractivity contribution in [3.05, 3.63) is 0 Å². The van der Waals surface area contributed by atoms with Gasteiger partial charge in [-0.15, -0.1) is 0 Å². The Balaban J connectivity index is 2.56. The van der Waals surface area contributed by atoms with Crippen LogP contribution in [0.3, 0.4) is 0 Å². The van der Waals surface area contributed by atoms with Gasteiger partial charge in [-0.3, -0.25) is 0 Å². The van der Waals surface area contributed by atoms with Crippen molar-refractivity contribution in [3.8, 4) is 0 Å². The van der Waals surface area contributed by atoms with Crippen LogP contribution < -0.4 is 4.72 Å². The summed E-state index contributed by atoms with van der Waals surface area (Å²) >= 11 is 0. The molecular formula is C11H22N2O5S. The van der Waals surface area contributed by atoms with Crippen LogP contribution in [0.5, 0.6) is 0 Å². The smallest absolute Gasteiger partial charge is 0.334 e. The van der Waals surface area contributed by atoms with E-state index < -0.39 is 22.3 Å². The van der Waals surface area contributed by atoms with E-state index in [1.165, 1.54) is 18.5 Å². The van der Waals surface area contributed by atoms with E-state index in [1.54, 1.807) is 0 Å². The highest BCUT2D eigenvalue weighted by Gasteiger charge is 2.28. The predicted molar refractivity (Wildman–Crippen MR) is 70.0 cm³/mol. The second kappa shape index (κ2) is 7.18. The summed E-state index contributed by atoms with van der Waals surface area (Å²) in [7, 11) is -0.896. The number of methoxy groups -OCH3 is 1. The van der Waals surface area contributed by atoms with Crippen LogP contribution in [0.15, 0.2) is 0 Å². The molecule has 1 aliphatic rings. The highest BCUT2D eigenvalue weighted by Crippen LogP contribution is 2.22. The maximum absolute atomic E-state index is 12.0. The van der Waals surface area contributed by atoms with E-state index in [1.807, 2.05) is 0 Å². The van der Waals surface area contributed by atoms with Crippen molar-refractivity contribution in [2.75, 3.05) is 20.7 Å². The molecule has 1 fully saturated rings. The first kappa shape index (κ1) is 16.4. The van der Waals surface area contributed by atoms with Gasteiger partial charge in [-0.2, -0.15) is 17.4 Å². The summed E-state index contributed by atoms with van der Waals surface area (Å²) in [6.07, 6.45) is 3.73. The van der Waals surface area contributed by atoms with Crippen LogP contribution in [0, 0.1) is 0 Å². The van der Waals surface area contributed by atoms with Gasteiger partial charge >= 0.3 is 5.97 Å². The zero-order chi connectivity index (χ0) is 14.5. The Morgan fingerprint density at radius 2 is 2.00 bits per heavy atom. The number of aliphatic carboxylic acids is 1.